The first-order chi connectivity index (χ1) is 19.9. The first-order valence-corrected chi connectivity index (χ1v) is 19.1. The van der Waals surface area contributed by atoms with Crippen LogP contribution in [0.25, 0.3) is 0 Å². The van der Waals surface area contributed by atoms with Crippen molar-refractivity contribution in [3.8, 4) is 0 Å². The molecule has 9 atom stereocenters. The van der Waals surface area contributed by atoms with Crippen LogP contribution in [-0.4, -0.2) is 35.6 Å². The van der Waals surface area contributed by atoms with Gasteiger partial charge in [-0.1, -0.05) is 45.9 Å². The molecule has 2 N–H and O–H groups in total. The molecule has 5 aliphatic carbocycles. The van der Waals surface area contributed by atoms with Crippen LogP contribution in [0.3, 0.4) is 0 Å². The van der Waals surface area contributed by atoms with Crippen molar-refractivity contribution in [2.45, 2.75) is 146 Å². The molecule has 42 heavy (non-hydrogen) atoms. The summed E-state index contributed by atoms with van der Waals surface area (Å²) in [6.07, 6.45) is 14.8. The molecule has 0 bridgehead atoms. The van der Waals surface area contributed by atoms with Crippen molar-refractivity contribution in [3.05, 3.63) is 30.3 Å². The number of aliphatic hydroxyl groups is 2. The minimum Gasteiger partial charge on any atom is -0.393 e. The Balaban J connectivity index is 1.23. The van der Waals surface area contributed by atoms with E-state index in [1.807, 2.05) is 18.2 Å². The maximum absolute atomic E-state index is 14.3. The van der Waals surface area contributed by atoms with E-state index < -0.39 is 20.7 Å². The molecule has 1 aromatic carbocycles. The third-order valence-electron chi connectivity index (χ3n) is 14.4. The Bertz CT molecular complexity index is 1190. The molecule has 4 nitrogen and oxygen atoms in total. The van der Waals surface area contributed by atoms with Gasteiger partial charge in [-0.05, 0) is 161 Å². The molecule has 236 valence electrons. The van der Waals surface area contributed by atoms with E-state index >= 15 is 0 Å². The Hall–Kier alpha value is -0.910. The molecule has 1 aromatic rings. The van der Waals surface area contributed by atoms with Crippen molar-refractivity contribution in [2.24, 2.45) is 52.3 Å². The van der Waals surface area contributed by atoms with Gasteiger partial charge in [-0.15, -0.1) is 0 Å². The highest BCUT2D eigenvalue weighted by atomic mass is 32.2. The second-order valence-corrected chi connectivity index (χ2v) is 18.9. The van der Waals surface area contributed by atoms with E-state index in [0.29, 0.717) is 52.7 Å². The maximum Gasteiger partial charge on any atom is 0.181 e. The fourth-order valence-corrected chi connectivity index (χ4v) is 13.6. The first kappa shape index (κ1) is 31.1. The van der Waals surface area contributed by atoms with Gasteiger partial charge in [-0.25, -0.2) is 8.42 Å². The summed E-state index contributed by atoms with van der Waals surface area (Å²) in [5.41, 5.74) is -0.341. The van der Waals surface area contributed by atoms with Gasteiger partial charge < -0.3 is 10.2 Å². The third kappa shape index (κ3) is 5.44. The molecular weight excluding hydrogens is 540 g/mol. The zero-order chi connectivity index (χ0) is 29.9. The molecule has 5 saturated carbocycles. The van der Waals surface area contributed by atoms with E-state index in [9.17, 15) is 18.6 Å². The molecular formula is C37H58O4S. The fraction of sp³-hybridized carbons (Fsp3) is 0.838. The van der Waals surface area contributed by atoms with Crippen LogP contribution >= 0.6 is 0 Å². The Kier molecular flexibility index (Phi) is 8.49. The summed E-state index contributed by atoms with van der Waals surface area (Å²) in [4.78, 5) is 0.420. The lowest BCUT2D eigenvalue weighted by molar-refractivity contribution is -0.127. The molecule has 0 spiro atoms. The number of sulfone groups is 1. The number of rotatable bonds is 7. The van der Waals surface area contributed by atoms with Gasteiger partial charge in [0.1, 0.15) is 0 Å². The van der Waals surface area contributed by atoms with Crippen LogP contribution in [-0.2, 0) is 9.84 Å². The van der Waals surface area contributed by atoms with Crippen molar-refractivity contribution in [1.82, 2.24) is 0 Å². The summed E-state index contributed by atoms with van der Waals surface area (Å²) >= 11 is 0. The molecule has 0 saturated heterocycles. The summed E-state index contributed by atoms with van der Waals surface area (Å²) in [5, 5.41) is 21.7. The van der Waals surface area contributed by atoms with Crippen LogP contribution in [0.5, 0.6) is 0 Å². The molecule has 0 heterocycles. The first-order valence-electron chi connectivity index (χ1n) is 17.6. The molecule has 0 amide bonds. The standard InChI is InChI=1S/C37H58O4S/c1-25(2)26-14-20-37(39,21-15-26)24-31(42(40,41)30-8-6-5-7-9-30)23-28-11-13-33-32-12-10-27-22-29(38)16-18-35(27,3)34(32)17-19-36(28,33)4/h5-9,25-29,31-34,38-39H,10-24H2,1-4H3/t26?,27?,28?,29-,31?,32?,33?,34?,35?,36?,37?/m0/s1. The molecule has 6 rings (SSSR count). The SMILES string of the molecule is CC(C)C1CCC(O)(CC(CC2CCC3C4CCC5C[C@@H](O)CCC5(C)C4CCC23C)S(=O)(=O)c2ccccc2)CC1. The Morgan fingerprint density at radius 1 is 0.833 bits per heavy atom. The number of hydrogen-bond donors (Lipinski definition) is 2. The largest absolute Gasteiger partial charge is 0.393 e. The van der Waals surface area contributed by atoms with Gasteiger partial charge in [0.25, 0.3) is 0 Å². The van der Waals surface area contributed by atoms with Crippen molar-refractivity contribution in [2.75, 3.05) is 0 Å². The van der Waals surface area contributed by atoms with Gasteiger partial charge in [0, 0.05) is 0 Å². The van der Waals surface area contributed by atoms with E-state index in [2.05, 4.69) is 27.7 Å². The zero-order valence-electron chi connectivity index (χ0n) is 26.8. The smallest absolute Gasteiger partial charge is 0.181 e. The average molecular weight is 599 g/mol. The maximum atomic E-state index is 14.3. The normalized spacial score (nSPS) is 44.7. The van der Waals surface area contributed by atoms with Gasteiger partial charge >= 0.3 is 0 Å². The number of fused-ring (bicyclic) bond motifs is 5. The molecule has 5 heteroatoms. The van der Waals surface area contributed by atoms with E-state index in [0.717, 1.165) is 56.8 Å². The highest BCUT2D eigenvalue weighted by molar-refractivity contribution is 7.92. The lowest BCUT2D eigenvalue weighted by Crippen LogP contribution is -2.54. The van der Waals surface area contributed by atoms with Gasteiger partial charge in [0.05, 0.1) is 21.9 Å². The molecule has 5 fully saturated rings. The minimum atomic E-state index is -3.56. The molecule has 5 aliphatic rings. The predicted molar refractivity (Wildman–Crippen MR) is 170 cm³/mol. The summed E-state index contributed by atoms with van der Waals surface area (Å²) in [6, 6.07) is 9.07. The van der Waals surface area contributed by atoms with Crippen LogP contribution in [0.15, 0.2) is 35.2 Å². The molecule has 0 aromatic heterocycles. The van der Waals surface area contributed by atoms with E-state index in [1.165, 1.54) is 38.5 Å². The quantitative estimate of drug-likeness (QED) is 0.332. The topological polar surface area (TPSA) is 74.6 Å². The van der Waals surface area contributed by atoms with Gasteiger partial charge in [0.15, 0.2) is 9.84 Å². The molecule has 0 radical (unpaired) electrons. The Morgan fingerprint density at radius 2 is 1.50 bits per heavy atom. The Labute approximate surface area is 256 Å². The van der Waals surface area contributed by atoms with Crippen LogP contribution < -0.4 is 0 Å². The lowest BCUT2D eigenvalue weighted by atomic mass is 9.44. The molecule has 8 unspecified atom stereocenters. The van der Waals surface area contributed by atoms with Crippen molar-refractivity contribution < 1.29 is 18.6 Å². The van der Waals surface area contributed by atoms with Crippen LogP contribution in [0.1, 0.15) is 124 Å². The third-order valence-corrected chi connectivity index (χ3v) is 16.6. The van der Waals surface area contributed by atoms with Gasteiger partial charge in [-0.3, -0.25) is 0 Å². The zero-order valence-corrected chi connectivity index (χ0v) is 27.6. The minimum absolute atomic E-state index is 0.108. The highest BCUT2D eigenvalue weighted by Crippen LogP contribution is 2.68. The summed E-state index contributed by atoms with van der Waals surface area (Å²) in [6.45, 7) is 9.61. The summed E-state index contributed by atoms with van der Waals surface area (Å²) in [7, 11) is -3.56. The van der Waals surface area contributed by atoms with Crippen molar-refractivity contribution >= 4 is 9.84 Å². The highest BCUT2D eigenvalue weighted by Gasteiger charge is 2.60. The predicted octanol–water partition coefficient (Wildman–Crippen LogP) is 8.21. The van der Waals surface area contributed by atoms with Crippen LogP contribution in [0.4, 0.5) is 0 Å². The van der Waals surface area contributed by atoms with Gasteiger partial charge in [-0.2, -0.15) is 0 Å². The van der Waals surface area contributed by atoms with E-state index in [4.69, 9.17) is 0 Å². The summed E-state index contributed by atoms with van der Waals surface area (Å²) < 4.78 is 28.6. The van der Waals surface area contributed by atoms with Crippen molar-refractivity contribution in [3.63, 3.8) is 0 Å². The van der Waals surface area contributed by atoms with Gasteiger partial charge in [0.2, 0.25) is 0 Å². The lowest BCUT2D eigenvalue weighted by Gasteiger charge is -2.61. The number of benzene rings is 1. The Morgan fingerprint density at radius 3 is 2.19 bits per heavy atom. The fourth-order valence-electron chi connectivity index (χ4n) is 11.6. The van der Waals surface area contributed by atoms with Crippen LogP contribution in [0.2, 0.25) is 0 Å². The average Bonchev–Trinajstić information content (AvgIpc) is 3.29. The van der Waals surface area contributed by atoms with Crippen LogP contribution in [0, 0.1) is 52.3 Å². The molecule has 0 aliphatic heterocycles. The van der Waals surface area contributed by atoms with Crippen molar-refractivity contribution in [1.29, 1.82) is 0 Å². The second kappa shape index (κ2) is 11.5. The second-order valence-electron chi connectivity index (χ2n) is 16.6. The summed E-state index contributed by atoms with van der Waals surface area (Å²) in [5.74, 6) is 4.46. The number of hydrogen-bond acceptors (Lipinski definition) is 4. The van der Waals surface area contributed by atoms with E-state index in [-0.39, 0.29) is 11.5 Å². The number of aliphatic hydroxyl groups excluding tert-OH is 1. The monoisotopic (exact) mass is 598 g/mol. The van der Waals surface area contributed by atoms with E-state index in [1.54, 1.807) is 12.1 Å².